The zero-order chi connectivity index (χ0) is 13.8. The van der Waals surface area contributed by atoms with E-state index in [4.69, 9.17) is 0 Å². The van der Waals surface area contributed by atoms with E-state index < -0.39 is 0 Å². The Hall–Kier alpha value is -1.16. The van der Waals surface area contributed by atoms with Crippen LogP contribution in [-0.4, -0.2) is 31.8 Å². The summed E-state index contributed by atoms with van der Waals surface area (Å²) in [5.41, 5.74) is 0. The predicted molar refractivity (Wildman–Crippen MR) is 86.1 cm³/mol. The van der Waals surface area contributed by atoms with Gasteiger partial charge in [-0.15, -0.1) is 11.8 Å². The Bertz CT molecular complexity index is 352. The van der Waals surface area contributed by atoms with Crippen molar-refractivity contribution in [3.05, 3.63) is 30.3 Å². The fourth-order valence-corrected chi connectivity index (χ4v) is 2.46. The molecule has 0 radical (unpaired) electrons. The number of unbranched alkanes of at least 4 members (excludes halogenated alkanes) is 1. The molecule has 0 amide bonds. The second kappa shape index (κ2) is 10.7. The lowest BCUT2D eigenvalue weighted by atomic mass is 10.3. The van der Waals surface area contributed by atoms with Crippen molar-refractivity contribution in [1.29, 1.82) is 0 Å². The maximum Gasteiger partial charge on any atom is 0.190 e. The van der Waals surface area contributed by atoms with Gasteiger partial charge in [-0.25, -0.2) is 0 Å². The SMILES string of the molecule is CCCCNC(=NC)NCCCSc1ccccc1. The zero-order valence-electron chi connectivity index (χ0n) is 12.0. The fraction of sp³-hybridized carbons (Fsp3) is 0.533. The van der Waals surface area contributed by atoms with Crippen molar-refractivity contribution < 1.29 is 0 Å². The lowest BCUT2D eigenvalue weighted by Gasteiger charge is -2.11. The van der Waals surface area contributed by atoms with E-state index in [-0.39, 0.29) is 0 Å². The van der Waals surface area contributed by atoms with Crippen LogP contribution in [0.4, 0.5) is 0 Å². The highest BCUT2D eigenvalue weighted by Gasteiger charge is 1.96. The summed E-state index contributed by atoms with van der Waals surface area (Å²) in [6.07, 6.45) is 3.52. The Morgan fingerprint density at radius 1 is 1.11 bits per heavy atom. The molecule has 0 atom stereocenters. The molecule has 19 heavy (non-hydrogen) atoms. The topological polar surface area (TPSA) is 36.4 Å². The lowest BCUT2D eigenvalue weighted by molar-refractivity contribution is 0.724. The maximum absolute atomic E-state index is 4.20. The van der Waals surface area contributed by atoms with Gasteiger partial charge in [0.25, 0.3) is 0 Å². The molecule has 0 aliphatic carbocycles. The highest BCUT2D eigenvalue weighted by Crippen LogP contribution is 2.17. The summed E-state index contributed by atoms with van der Waals surface area (Å²) in [5.74, 6) is 2.04. The van der Waals surface area contributed by atoms with Crippen LogP contribution in [0.15, 0.2) is 40.2 Å². The first-order valence-electron chi connectivity index (χ1n) is 6.99. The van der Waals surface area contributed by atoms with E-state index in [0.717, 1.165) is 31.2 Å². The molecule has 1 aromatic carbocycles. The maximum atomic E-state index is 4.20. The van der Waals surface area contributed by atoms with E-state index >= 15 is 0 Å². The van der Waals surface area contributed by atoms with Crippen molar-refractivity contribution >= 4 is 17.7 Å². The first-order valence-corrected chi connectivity index (χ1v) is 7.97. The molecule has 2 N–H and O–H groups in total. The van der Waals surface area contributed by atoms with Gasteiger partial charge in [-0.3, -0.25) is 4.99 Å². The van der Waals surface area contributed by atoms with Crippen LogP contribution >= 0.6 is 11.8 Å². The van der Waals surface area contributed by atoms with Gasteiger partial charge < -0.3 is 10.6 Å². The number of nitrogens with one attached hydrogen (secondary N) is 2. The Kier molecular flexibility index (Phi) is 8.98. The highest BCUT2D eigenvalue weighted by molar-refractivity contribution is 7.99. The summed E-state index contributed by atoms with van der Waals surface area (Å²) >= 11 is 1.90. The summed E-state index contributed by atoms with van der Waals surface area (Å²) in [6.45, 7) is 4.15. The average molecular weight is 279 g/mol. The number of rotatable bonds is 8. The minimum Gasteiger partial charge on any atom is -0.356 e. The normalized spacial score (nSPS) is 11.4. The Morgan fingerprint density at radius 3 is 2.42 bits per heavy atom. The van der Waals surface area contributed by atoms with Crippen molar-refractivity contribution in [3.63, 3.8) is 0 Å². The third-order valence-electron chi connectivity index (χ3n) is 2.67. The van der Waals surface area contributed by atoms with E-state index in [1.807, 2.05) is 18.8 Å². The van der Waals surface area contributed by atoms with Crippen LogP contribution in [0.1, 0.15) is 26.2 Å². The highest BCUT2D eigenvalue weighted by atomic mass is 32.2. The van der Waals surface area contributed by atoms with Crippen LogP contribution in [0.2, 0.25) is 0 Å². The molecule has 0 aliphatic rings. The molecule has 0 saturated heterocycles. The van der Waals surface area contributed by atoms with Crippen LogP contribution in [0.3, 0.4) is 0 Å². The molecule has 1 rings (SSSR count). The molecular formula is C15H25N3S. The second-order valence-corrected chi connectivity index (χ2v) is 5.46. The summed E-state index contributed by atoms with van der Waals surface area (Å²) in [4.78, 5) is 5.54. The van der Waals surface area contributed by atoms with Gasteiger partial charge in [-0.1, -0.05) is 31.5 Å². The number of nitrogens with zero attached hydrogens (tertiary/aromatic N) is 1. The van der Waals surface area contributed by atoms with Crippen molar-refractivity contribution in [2.45, 2.75) is 31.1 Å². The van der Waals surface area contributed by atoms with Crippen molar-refractivity contribution in [3.8, 4) is 0 Å². The molecule has 0 spiro atoms. The number of aliphatic imine (C=N–C) groups is 1. The van der Waals surface area contributed by atoms with Gasteiger partial charge in [0.15, 0.2) is 5.96 Å². The molecule has 106 valence electrons. The number of hydrogen-bond donors (Lipinski definition) is 2. The molecule has 1 aromatic rings. The lowest BCUT2D eigenvalue weighted by Crippen LogP contribution is -2.38. The molecule has 0 bridgehead atoms. The molecule has 0 unspecified atom stereocenters. The smallest absolute Gasteiger partial charge is 0.190 e. The molecule has 4 heteroatoms. The molecule has 0 saturated carbocycles. The van der Waals surface area contributed by atoms with E-state index in [2.05, 4.69) is 52.9 Å². The van der Waals surface area contributed by atoms with Crippen LogP contribution in [0.5, 0.6) is 0 Å². The van der Waals surface area contributed by atoms with E-state index in [0.29, 0.717) is 0 Å². The van der Waals surface area contributed by atoms with Crippen LogP contribution < -0.4 is 10.6 Å². The Morgan fingerprint density at radius 2 is 1.79 bits per heavy atom. The minimum absolute atomic E-state index is 0.915. The molecule has 0 aromatic heterocycles. The van der Waals surface area contributed by atoms with Crippen LogP contribution in [0.25, 0.3) is 0 Å². The summed E-state index contributed by atoms with van der Waals surface area (Å²) in [6, 6.07) is 10.5. The van der Waals surface area contributed by atoms with Crippen molar-refractivity contribution in [2.24, 2.45) is 4.99 Å². The minimum atomic E-state index is 0.915. The van der Waals surface area contributed by atoms with Gasteiger partial charge in [-0.05, 0) is 30.7 Å². The van der Waals surface area contributed by atoms with Crippen LogP contribution in [-0.2, 0) is 0 Å². The summed E-state index contributed by atoms with van der Waals surface area (Å²) in [7, 11) is 1.82. The van der Waals surface area contributed by atoms with E-state index in [1.54, 1.807) is 0 Å². The molecule has 0 fully saturated rings. The summed E-state index contributed by atoms with van der Waals surface area (Å²) in [5, 5.41) is 6.65. The monoisotopic (exact) mass is 279 g/mol. The molecule has 0 heterocycles. The predicted octanol–water partition coefficient (Wildman–Crippen LogP) is 3.13. The quantitative estimate of drug-likeness (QED) is 0.332. The number of guanidine groups is 1. The standard InChI is InChI=1S/C15H25N3S/c1-3-4-11-17-15(16-2)18-12-8-13-19-14-9-6-5-7-10-14/h5-7,9-10H,3-4,8,11-13H2,1-2H3,(H2,16,17,18). The first kappa shape index (κ1) is 15.9. The number of thioether (sulfide) groups is 1. The van der Waals surface area contributed by atoms with E-state index in [1.165, 1.54) is 17.7 Å². The Balaban J connectivity index is 2.06. The van der Waals surface area contributed by atoms with Gasteiger partial charge in [0.05, 0.1) is 0 Å². The van der Waals surface area contributed by atoms with Gasteiger partial charge in [0, 0.05) is 25.0 Å². The van der Waals surface area contributed by atoms with Crippen LogP contribution in [0, 0.1) is 0 Å². The van der Waals surface area contributed by atoms with E-state index in [9.17, 15) is 0 Å². The average Bonchev–Trinajstić information content (AvgIpc) is 2.46. The Labute approximate surface area is 121 Å². The van der Waals surface area contributed by atoms with Crippen molar-refractivity contribution in [1.82, 2.24) is 10.6 Å². The number of benzene rings is 1. The first-order chi connectivity index (χ1) is 9.36. The number of hydrogen-bond acceptors (Lipinski definition) is 2. The van der Waals surface area contributed by atoms with Gasteiger partial charge in [0.1, 0.15) is 0 Å². The van der Waals surface area contributed by atoms with Gasteiger partial charge in [0.2, 0.25) is 0 Å². The molecule has 0 aliphatic heterocycles. The third-order valence-corrected chi connectivity index (χ3v) is 3.77. The molecular weight excluding hydrogens is 254 g/mol. The van der Waals surface area contributed by atoms with Crippen molar-refractivity contribution in [2.75, 3.05) is 25.9 Å². The summed E-state index contributed by atoms with van der Waals surface area (Å²) < 4.78 is 0. The second-order valence-electron chi connectivity index (χ2n) is 4.29. The fourth-order valence-electron chi connectivity index (χ4n) is 1.59. The zero-order valence-corrected chi connectivity index (χ0v) is 12.8. The third kappa shape index (κ3) is 7.78. The largest absolute Gasteiger partial charge is 0.356 e. The van der Waals surface area contributed by atoms with Gasteiger partial charge >= 0.3 is 0 Å². The molecule has 3 nitrogen and oxygen atoms in total. The van der Waals surface area contributed by atoms with Gasteiger partial charge in [-0.2, -0.15) is 0 Å².